The fourth-order valence-corrected chi connectivity index (χ4v) is 2.32. The van der Waals surface area contributed by atoms with Gasteiger partial charge in [-0.05, 0) is 5.92 Å². The number of carbonyl (C=O) groups is 1. The Morgan fingerprint density at radius 3 is 2.45 bits per heavy atom. The minimum atomic E-state index is -1.04. The summed E-state index contributed by atoms with van der Waals surface area (Å²) in [5.41, 5.74) is -0.431. The van der Waals surface area contributed by atoms with Gasteiger partial charge in [-0.15, -0.1) is 0 Å². The standard InChI is InChI=1S/C13H19N5O4/c1-7(2)6-18-10-9(15-12(18)14-5-8(19)20)11(21)17(4)13(22)16(10)3/h7H,5-6H2,1-4H3,(H,14,15)(H,19,20). The summed E-state index contributed by atoms with van der Waals surface area (Å²) in [5, 5.41) is 11.5. The number of nitrogens with one attached hydrogen (secondary N) is 1. The fourth-order valence-electron chi connectivity index (χ4n) is 2.32. The van der Waals surface area contributed by atoms with Crippen molar-refractivity contribution >= 4 is 23.1 Å². The average molecular weight is 309 g/mol. The Balaban J connectivity index is 2.77. The van der Waals surface area contributed by atoms with Crippen molar-refractivity contribution in [1.29, 1.82) is 0 Å². The Morgan fingerprint density at radius 1 is 1.27 bits per heavy atom. The first kappa shape index (κ1) is 15.8. The highest BCUT2D eigenvalue weighted by molar-refractivity contribution is 5.76. The van der Waals surface area contributed by atoms with Gasteiger partial charge in [0.05, 0.1) is 0 Å². The predicted molar refractivity (Wildman–Crippen MR) is 81.2 cm³/mol. The summed E-state index contributed by atoms with van der Waals surface area (Å²) in [6.07, 6.45) is 0. The monoisotopic (exact) mass is 309 g/mol. The van der Waals surface area contributed by atoms with Crippen molar-refractivity contribution in [3.05, 3.63) is 20.8 Å². The molecule has 2 N–H and O–H groups in total. The van der Waals surface area contributed by atoms with E-state index in [-0.39, 0.29) is 23.9 Å². The lowest BCUT2D eigenvalue weighted by atomic mass is 10.2. The molecule has 0 unspecified atom stereocenters. The van der Waals surface area contributed by atoms with E-state index in [0.717, 1.165) is 4.57 Å². The molecule has 0 bridgehead atoms. The maximum atomic E-state index is 12.2. The largest absolute Gasteiger partial charge is 0.480 e. The van der Waals surface area contributed by atoms with Crippen LogP contribution < -0.4 is 16.6 Å². The van der Waals surface area contributed by atoms with E-state index in [9.17, 15) is 14.4 Å². The van der Waals surface area contributed by atoms with Crippen LogP contribution in [0.1, 0.15) is 13.8 Å². The Kier molecular flexibility index (Phi) is 4.07. The third-order valence-corrected chi connectivity index (χ3v) is 3.29. The number of hydrogen-bond acceptors (Lipinski definition) is 5. The molecular formula is C13H19N5O4. The normalized spacial score (nSPS) is 11.3. The van der Waals surface area contributed by atoms with Crippen LogP contribution in [0.25, 0.3) is 11.2 Å². The molecule has 0 atom stereocenters. The minimum Gasteiger partial charge on any atom is -0.480 e. The maximum absolute atomic E-state index is 12.2. The number of aryl methyl sites for hydroxylation is 1. The third-order valence-electron chi connectivity index (χ3n) is 3.29. The van der Waals surface area contributed by atoms with E-state index in [0.29, 0.717) is 12.2 Å². The van der Waals surface area contributed by atoms with E-state index in [4.69, 9.17) is 5.11 Å². The zero-order valence-corrected chi connectivity index (χ0v) is 13.0. The summed E-state index contributed by atoms with van der Waals surface area (Å²) in [5.74, 6) is -0.545. The fraction of sp³-hybridized carbons (Fsp3) is 0.538. The molecule has 0 fully saturated rings. The molecule has 120 valence electrons. The molecule has 0 aliphatic carbocycles. The van der Waals surface area contributed by atoms with Crippen LogP contribution in [0.3, 0.4) is 0 Å². The molecule has 0 aliphatic heterocycles. The average Bonchev–Trinajstić information content (AvgIpc) is 2.78. The first-order valence-electron chi connectivity index (χ1n) is 6.86. The smallest absolute Gasteiger partial charge is 0.332 e. The highest BCUT2D eigenvalue weighted by atomic mass is 16.4. The van der Waals surface area contributed by atoms with Crippen molar-refractivity contribution in [2.24, 2.45) is 20.0 Å². The second-order valence-electron chi connectivity index (χ2n) is 5.57. The van der Waals surface area contributed by atoms with Gasteiger partial charge < -0.3 is 10.4 Å². The zero-order chi connectivity index (χ0) is 16.6. The molecule has 2 aromatic heterocycles. The topological polar surface area (TPSA) is 111 Å². The Labute approximate surface area is 125 Å². The zero-order valence-electron chi connectivity index (χ0n) is 13.0. The number of aliphatic carboxylic acids is 1. The van der Waals surface area contributed by atoms with Crippen LogP contribution in [0, 0.1) is 5.92 Å². The van der Waals surface area contributed by atoms with Crippen LogP contribution in [-0.4, -0.2) is 36.3 Å². The molecule has 0 spiro atoms. The number of anilines is 1. The molecular weight excluding hydrogens is 290 g/mol. The van der Waals surface area contributed by atoms with Crippen molar-refractivity contribution in [2.45, 2.75) is 20.4 Å². The van der Waals surface area contributed by atoms with E-state index >= 15 is 0 Å². The van der Waals surface area contributed by atoms with Crippen LogP contribution >= 0.6 is 0 Å². The Bertz CT molecular complexity index is 843. The summed E-state index contributed by atoms with van der Waals surface area (Å²) >= 11 is 0. The van der Waals surface area contributed by atoms with Gasteiger partial charge in [-0.3, -0.25) is 23.3 Å². The van der Waals surface area contributed by atoms with Crippen molar-refractivity contribution < 1.29 is 9.90 Å². The SMILES string of the molecule is CC(C)Cn1c(NCC(=O)O)nc2c(=O)n(C)c(=O)n(C)c21. The van der Waals surface area contributed by atoms with E-state index in [2.05, 4.69) is 10.3 Å². The molecule has 0 radical (unpaired) electrons. The van der Waals surface area contributed by atoms with Crippen LogP contribution in [0.5, 0.6) is 0 Å². The Hall–Kier alpha value is -2.58. The van der Waals surface area contributed by atoms with Gasteiger partial charge in [0.1, 0.15) is 6.54 Å². The van der Waals surface area contributed by atoms with Crippen LogP contribution in [0.4, 0.5) is 5.95 Å². The molecule has 2 rings (SSSR count). The lowest BCUT2D eigenvalue weighted by molar-refractivity contribution is -0.134. The molecule has 22 heavy (non-hydrogen) atoms. The second-order valence-corrected chi connectivity index (χ2v) is 5.57. The number of fused-ring (bicyclic) bond motifs is 1. The highest BCUT2D eigenvalue weighted by Gasteiger charge is 2.19. The molecule has 9 heteroatoms. The van der Waals surface area contributed by atoms with Crippen molar-refractivity contribution in [1.82, 2.24) is 18.7 Å². The molecule has 9 nitrogen and oxygen atoms in total. The molecule has 0 aromatic carbocycles. The molecule has 0 saturated heterocycles. The third kappa shape index (κ3) is 2.61. The van der Waals surface area contributed by atoms with Gasteiger partial charge in [0, 0.05) is 20.6 Å². The van der Waals surface area contributed by atoms with Crippen molar-refractivity contribution in [3.63, 3.8) is 0 Å². The summed E-state index contributed by atoms with van der Waals surface area (Å²) in [7, 11) is 2.94. The van der Waals surface area contributed by atoms with Crippen LogP contribution in [0.2, 0.25) is 0 Å². The van der Waals surface area contributed by atoms with Crippen molar-refractivity contribution in [2.75, 3.05) is 11.9 Å². The molecule has 0 aliphatic rings. The van der Waals surface area contributed by atoms with Gasteiger partial charge in [0.15, 0.2) is 11.2 Å². The second kappa shape index (κ2) is 5.66. The molecule has 0 saturated carbocycles. The summed E-state index contributed by atoms with van der Waals surface area (Å²) in [6, 6.07) is 0. The van der Waals surface area contributed by atoms with Gasteiger partial charge in [0.2, 0.25) is 5.95 Å². The molecule has 0 amide bonds. The van der Waals surface area contributed by atoms with Gasteiger partial charge in [-0.2, -0.15) is 0 Å². The van der Waals surface area contributed by atoms with E-state index in [1.807, 2.05) is 13.8 Å². The van der Waals surface area contributed by atoms with Gasteiger partial charge in [-0.25, -0.2) is 9.78 Å². The number of rotatable bonds is 5. The summed E-state index contributed by atoms with van der Waals surface area (Å²) < 4.78 is 4.00. The lowest BCUT2D eigenvalue weighted by Gasteiger charge is -2.13. The van der Waals surface area contributed by atoms with Crippen LogP contribution in [-0.2, 0) is 25.4 Å². The first-order valence-corrected chi connectivity index (χ1v) is 6.86. The number of imidazole rings is 1. The quantitative estimate of drug-likeness (QED) is 0.776. The van der Waals surface area contributed by atoms with Crippen LogP contribution in [0.15, 0.2) is 9.59 Å². The number of carboxylic acids is 1. The van der Waals surface area contributed by atoms with E-state index in [1.165, 1.54) is 11.6 Å². The Morgan fingerprint density at radius 2 is 1.91 bits per heavy atom. The van der Waals surface area contributed by atoms with Crippen molar-refractivity contribution in [3.8, 4) is 0 Å². The number of carboxylic acid groups (broad SMARTS) is 1. The maximum Gasteiger partial charge on any atom is 0.332 e. The predicted octanol–water partition coefficient (Wildman–Crippen LogP) is -0.414. The molecule has 2 heterocycles. The lowest BCUT2D eigenvalue weighted by Crippen LogP contribution is -2.37. The van der Waals surface area contributed by atoms with Gasteiger partial charge in [-0.1, -0.05) is 13.8 Å². The molecule has 2 aromatic rings. The van der Waals surface area contributed by atoms with Gasteiger partial charge >= 0.3 is 11.7 Å². The first-order chi connectivity index (χ1) is 10.2. The summed E-state index contributed by atoms with van der Waals surface area (Å²) in [6.45, 7) is 4.13. The van der Waals surface area contributed by atoms with E-state index in [1.54, 1.807) is 11.6 Å². The van der Waals surface area contributed by atoms with E-state index < -0.39 is 17.2 Å². The number of nitrogens with zero attached hydrogens (tertiary/aromatic N) is 4. The van der Waals surface area contributed by atoms with Gasteiger partial charge in [0.25, 0.3) is 5.56 Å². The minimum absolute atomic E-state index is 0.137. The number of aromatic nitrogens is 4. The number of hydrogen-bond donors (Lipinski definition) is 2. The highest BCUT2D eigenvalue weighted by Crippen LogP contribution is 2.17. The summed E-state index contributed by atoms with van der Waals surface area (Å²) in [4.78, 5) is 39.2.